The van der Waals surface area contributed by atoms with Gasteiger partial charge >= 0.3 is 6.03 Å². The van der Waals surface area contributed by atoms with Crippen molar-refractivity contribution in [3.05, 3.63) is 16.6 Å². The lowest BCUT2D eigenvalue weighted by atomic mass is 9.99. The maximum absolute atomic E-state index is 12.0. The van der Waals surface area contributed by atoms with Crippen molar-refractivity contribution in [1.82, 2.24) is 20.5 Å². The molecule has 1 fully saturated rings. The van der Waals surface area contributed by atoms with Gasteiger partial charge in [0.2, 0.25) is 0 Å². The van der Waals surface area contributed by atoms with Crippen LogP contribution < -0.4 is 10.6 Å². The van der Waals surface area contributed by atoms with Crippen LogP contribution in [0, 0.1) is 5.92 Å². The van der Waals surface area contributed by atoms with Crippen LogP contribution in [0.25, 0.3) is 0 Å². The van der Waals surface area contributed by atoms with E-state index < -0.39 is 6.10 Å². The van der Waals surface area contributed by atoms with Crippen LogP contribution in [0.1, 0.15) is 44.2 Å². The molecular formula is C16H28N4O2S. The molecule has 2 rings (SSSR count). The summed E-state index contributed by atoms with van der Waals surface area (Å²) in [5, 5.41) is 18.6. The lowest BCUT2D eigenvalue weighted by Crippen LogP contribution is -2.45. The minimum Gasteiger partial charge on any atom is -0.390 e. The summed E-state index contributed by atoms with van der Waals surface area (Å²) < 4.78 is 0. The minimum atomic E-state index is -0.533. The Balaban J connectivity index is 1.67. The molecule has 23 heavy (non-hydrogen) atoms. The number of carbonyl (C=O) groups excluding carboxylic acids is 1. The van der Waals surface area contributed by atoms with E-state index >= 15 is 0 Å². The zero-order valence-electron chi connectivity index (χ0n) is 14.0. The molecule has 0 aromatic carbocycles. The van der Waals surface area contributed by atoms with Crippen molar-refractivity contribution in [2.24, 2.45) is 5.92 Å². The molecule has 0 radical (unpaired) electrons. The summed E-state index contributed by atoms with van der Waals surface area (Å²) in [4.78, 5) is 18.5. The summed E-state index contributed by atoms with van der Waals surface area (Å²) in [6.07, 6.45) is 4.37. The van der Waals surface area contributed by atoms with Crippen LogP contribution in [0.4, 0.5) is 4.79 Å². The Morgan fingerprint density at radius 2 is 2.26 bits per heavy atom. The first-order valence-electron chi connectivity index (χ1n) is 8.42. The van der Waals surface area contributed by atoms with Gasteiger partial charge in [-0.15, -0.1) is 11.3 Å². The van der Waals surface area contributed by atoms with Crippen LogP contribution in [-0.4, -0.2) is 53.3 Å². The number of aromatic nitrogens is 1. The van der Waals surface area contributed by atoms with Gasteiger partial charge in [-0.05, 0) is 38.3 Å². The molecule has 2 atom stereocenters. The molecule has 1 aliphatic rings. The van der Waals surface area contributed by atoms with Crippen LogP contribution in [0.15, 0.2) is 11.6 Å². The number of hydrogen-bond acceptors (Lipinski definition) is 5. The molecule has 2 amide bonds. The lowest BCUT2D eigenvalue weighted by Gasteiger charge is -2.31. The molecular weight excluding hydrogens is 312 g/mol. The maximum Gasteiger partial charge on any atom is 0.315 e. The second kappa shape index (κ2) is 9.20. The predicted octanol–water partition coefficient (Wildman–Crippen LogP) is 1.99. The fourth-order valence-electron chi connectivity index (χ4n) is 2.77. The first-order chi connectivity index (χ1) is 11.1. The van der Waals surface area contributed by atoms with Crippen LogP contribution in [0.2, 0.25) is 0 Å². The Kier molecular flexibility index (Phi) is 7.26. The monoisotopic (exact) mass is 340 g/mol. The Morgan fingerprint density at radius 1 is 1.52 bits per heavy atom. The van der Waals surface area contributed by atoms with Crippen molar-refractivity contribution in [3.63, 3.8) is 0 Å². The largest absolute Gasteiger partial charge is 0.390 e. The number of nitrogens with zero attached hydrogens (tertiary/aromatic N) is 2. The Morgan fingerprint density at radius 3 is 2.87 bits per heavy atom. The maximum atomic E-state index is 12.0. The summed E-state index contributed by atoms with van der Waals surface area (Å²) in [6, 6.07) is -0.325. The van der Waals surface area contributed by atoms with Crippen LogP contribution in [0.5, 0.6) is 0 Å². The fraction of sp³-hybridized carbons (Fsp3) is 0.750. The second-order valence-corrected chi connectivity index (χ2v) is 7.25. The zero-order chi connectivity index (χ0) is 16.7. The third-order valence-electron chi connectivity index (χ3n) is 4.31. The Hall–Kier alpha value is -1.18. The Bertz CT molecular complexity index is 461. The van der Waals surface area contributed by atoms with Gasteiger partial charge in [0.15, 0.2) is 0 Å². The number of likely N-dealkylation sites (tertiary alicyclic amines) is 1. The number of carbonyl (C=O) groups is 1. The van der Waals surface area contributed by atoms with Gasteiger partial charge in [-0.25, -0.2) is 9.78 Å². The second-order valence-electron chi connectivity index (χ2n) is 6.32. The summed E-state index contributed by atoms with van der Waals surface area (Å²) >= 11 is 1.54. The average molecular weight is 340 g/mol. The van der Waals surface area contributed by atoms with Gasteiger partial charge in [0.1, 0.15) is 5.01 Å². The van der Waals surface area contributed by atoms with E-state index in [9.17, 15) is 9.90 Å². The first kappa shape index (κ1) is 18.2. The van der Waals surface area contributed by atoms with Gasteiger partial charge < -0.3 is 20.6 Å². The van der Waals surface area contributed by atoms with E-state index in [1.165, 1.54) is 24.2 Å². The van der Waals surface area contributed by atoms with Crippen LogP contribution in [-0.2, 0) is 0 Å². The highest BCUT2D eigenvalue weighted by molar-refractivity contribution is 7.09. The van der Waals surface area contributed by atoms with Crippen molar-refractivity contribution >= 4 is 17.4 Å². The number of rotatable bonds is 7. The average Bonchev–Trinajstić information content (AvgIpc) is 3.07. The quantitative estimate of drug-likeness (QED) is 0.709. The molecule has 2 unspecified atom stereocenters. The van der Waals surface area contributed by atoms with Crippen molar-refractivity contribution < 1.29 is 9.90 Å². The number of aliphatic hydroxyl groups excluding tert-OH is 1. The van der Waals surface area contributed by atoms with Gasteiger partial charge in [-0.2, -0.15) is 0 Å². The van der Waals surface area contributed by atoms with E-state index in [-0.39, 0.29) is 18.6 Å². The molecule has 130 valence electrons. The van der Waals surface area contributed by atoms with Crippen molar-refractivity contribution in [1.29, 1.82) is 0 Å². The van der Waals surface area contributed by atoms with Gasteiger partial charge in [-0.1, -0.05) is 13.8 Å². The van der Waals surface area contributed by atoms with Crippen molar-refractivity contribution in [2.45, 2.75) is 45.3 Å². The number of amides is 2. The predicted molar refractivity (Wildman–Crippen MR) is 92.5 cm³/mol. The smallest absolute Gasteiger partial charge is 0.315 e. The van der Waals surface area contributed by atoms with Crippen LogP contribution >= 0.6 is 11.3 Å². The molecule has 0 bridgehead atoms. The van der Waals surface area contributed by atoms with E-state index in [0.29, 0.717) is 6.54 Å². The number of thiazole rings is 1. The van der Waals surface area contributed by atoms with Crippen LogP contribution in [0.3, 0.4) is 0 Å². The van der Waals surface area contributed by atoms with E-state index in [2.05, 4.69) is 27.4 Å². The molecule has 2 heterocycles. The number of urea groups is 1. The van der Waals surface area contributed by atoms with Gasteiger partial charge in [0, 0.05) is 24.7 Å². The summed E-state index contributed by atoms with van der Waals surface area (Å²) in [5.41, 5.74) is 0. The minimum absolute atomic E-state index is 0.0734. The Labute approximate surface area is 142 Å². The topological polar surface area (TPSA) is 77.5 Å². The highest BCUT2D eigenvalue weighted by Crippen LogP contribution is 2.18. The molecule has 0 spiro atoms. The number of nitrogens with one attached hydrogen (secondary N) is 2. The molecule has 7 heteroatoms. The van der Waals surface area contributed by atoms with E-state index in [1.54, 1.807) is 6.20 Å². The molecule has 1 aliphatic heterocycles. The number of hydrogen-bond donors (Lipinski definition) is 3. The lowest BCUT2D eigenvalue weighted by molar-refractivity contribution is 0.0919. The number of piperidine rings is 1. The van der Waals surface area contributed by atoms with E-state index in [4.69, 9.17) is 0 Å². The molecule has 6 nitrogen and oxygen atoms in total. The normalized spacial score (nSPS) is 19.3. The molecule has 3 N–H and O–H groups in total. The van der Waals surface area contributed by atoms with Crippen molar-refractivity contribution in [3.8, 4) is 0 Å². The molecule has 0 saturated carbocycles. The summed E-state index contributed by atoms with van der Waals surface area (Å²) in [7, 11) is 0. The molecule has 1 saturated heterocycles. The third-order valence-corrected chi connectivity index (χ3v) is 5.20. The van der Waals surface area contributed by atoms with Gasteiger partial charge in [-0.3, -0.25) is 0 Å². The third kappa shape index (κ3) is 6.08. The highest BCUT2D eigenvalue weighted by atomic mass is 32.1. The first-order valence-corrected chi connectivity index (χ1v) is 9.30. The SMILES string of the molecule is CCC(NC(=O)NCC(O)CN1CCC(C)CC1)c1nccs1. The molecule has 0 aliphatic carbocycles. The summed E-state index contributed by atoms with van der Waals surface area (Å²) in [6.45, 7) is 7.24. The zero-order valence-corrected chi connectivity index (χ0v) is 14.8. The fourth-order valence-corrected chi connectivity index (χ4v) is 3.54. The van der Waals surface area contributed by atoms with Crippen molar-refractivity contribution in [2.75, 3.05) is 26.2 Å². The van der Waals surface area contributed by atoms with E-state index in [0.717, 1.165) is 30.4 Å². The number of β-amino-alcohol motifs (C(OH)–C–C–N with tert-alkyl or cyclic N) is 1. The van der Waals surface area contributed by atoms with E-state index in [1.807, 2.05) is 12.3 Å². The highest BCUT2D eigenvalue weighted by Gasteiger charge is 2.19. The standard InChI is InChI=1S/C16H28N4O2S/c1-3-14(15-17-6-9-23-15)19-16(22)18-10-13(21)11-20-7-4-12(2)5-8-20/h6,9,12-14,21H,3-5,7-8,10-11H2,1-2H3,(H2,18,19,22). The van der Waals surface area contributed by atoms with Gasteiger partial charge in [0.05, 0.1) is 12.1 Å². The molecule has 1 aromatic heterocycles. The van der Waals surface area contributed by atoms with Gasteiger partial charge in [0.25, 0.3) is 0 Å². The number of aliphatic hydroxyl groups is 1. The summed E-state index contributed by atoms with van der Waals surface area (Å²) in [5.74, 6) is 0.782. The molecule has 1 aromatic rings.